The summed E-state index contributed by atoms with van der Waals surface area (Å²) in [7, 11) is 1.28. The Morgan fingerprint density at radius 1 is 1.62 bits per heavy atom. The first-order valence-corrected chi connectivity index (χ1v) is 5.24. The maximum absolute atomic E-state index is 12.8. The molecule has 1 atom stereocenters. The van der Waals surface area contributed by atoms with E-state index in [1.807, 2.05) is 0 Å². The molecular formula is C11H13ClFNO2. The predicted octanol–water partition coefficient (Wildman–Crippen LogP) is 1.70. The lowest BCUT2D eigenvalue weighted by molar-refractivity contribution is -0.140. The minimum Gasteiger partial charge on any atom is -0.468 e. The molecule has 0 spiro atoms. The molecular weight excluding hydrogens is 233 g/mol. The largest absolute Gasteiger partial charge is 0.468 e. The number of ether oxygens (including phenoxy) is 1. The van der Waals surface area contributed by atoms with E-state index >= 15 is 0 Å². The Kier molecular flexibility index (Phi) is 5.22. The molecule has 88 valence electrons. The summed E-state index contributed by atoms with van der Waals surface area (Å²) < 4.78 is 17.3. The third-order valence-corrected chi connectivity index (χ3v) is 2.33. The summed E-state index contributed by atoms with van der Waals surface area (Å²) >= 11 is 5.72. The van der Waals surface area contributed by atoms with Crippen LogP contribution < -0.4 is 5.32 Å². The molecule has 0 amide bonds. The van der Waals surface area contributed by atoms with Crippen LogP contribution in [-0.4, -0.2) is 25.0 Å². The summed E-state index contributed by atoms with van der Waals surface area (Å²) in [6, 6.07) is 6.22. The number of carbonyl (C=O) groups is 1. The molecule has 1 N–H and O–H groups in total. The third-order valence-electron chi connectivity index (χ3n) is 2.00. The summed E-state index contributed by atoms with van der Waals surface area (Å²) in [5.41, 5.74) is 0.800. The molecule has 0 aliphatic carbocycles. The highest BCUT2D eigenvalue weighted by molar-refractivity contribution is 6.30. The normalized spacial score (nSPS) is 12.2. The van der Waals surface area contributed by atoms with Crippen LogP contribution in [0.25, 0.3) is 0 Å². The van der Waals surface area contributed by atoms with Crippen LogP contribution >= 0.6 is 11.6 Å². The van der Waals surface area contributed by atoms with Crippen molar-refractivity contribution in [2.24, 2.45) is 0 Å². The van der Waals surface area contributed by atoms with E-state index < -0.39 is 11.3 Å². The fraction of sp³-hybridized carbons (Fsp3) is 0.364. The first-order valence-electron chi connectivity index (χ1n) is 4.80. The van der Waals surface area contributed by atoms with Crippen molar-refractivity contribution in [3.63, 3.8) is 0 Å². The van der Waals surface area contributed by atoms with Crippen molar-refractivity contribution >= 4 is 17.6 Å². The maximum atomic E-state index is 12.8. The molecule has 0 radical (unpaired) electrons. The highest BCUT2D eigenvalue weighted by Crippen LogP contribution is 2.03. The second-order valence-corrected chi connectivity index (χ2v) is 3.78. The Bertz CT molecular complexity index is 360. The second kappa shape index (κ2) is 6.45. The Morgan fingerprint density at radius 2 is 2.38 bits per heavy atom. The number of nitrogens with one attached hydrogen (secondary N) is 1. The first kappa shape index (κ1) is 12.9. The van der Waals surface area contributed by atoms with E-state index in [1.165, 1.54) is 19.2 Å². The minimum absolute atomic E-state index is 0.282. The molecule has 0 aliphatic rings. The molecule has 16 heavy (non-hydrogen) atoms. The van der Waals surface area contributed by atoms with Gasteiger partial charge in [0.2, 0.25) is 0 Å². The van der Waals surface area contributed by atoms with Crippen LogP contribution in [0.15, 0.2) is 24.3 Å². The van der Waals surface area contributed by atoms with Gasteiger partial charge in [0.05, 0.1) is 7.11 Å². The van der Waals surface area contributed by atoms with Crippen molar-refractivity contribution in [2.75, 3.05) is 13.7 Å². The number of hydrogen-bond acceptors (Lipinski definition) is 3. The lowest BCUT2D eigenvalue weighted by Crippen LogP contribution is -2.29. The summed E-state index contributed by atoms with van der Waals surface area (Å²) in [5.74, 6) is -0.761. The summed E-state index contributed by atoms with van der Waals surface area (Å²) in [6.07, 6.45) is 0. The number of hydrogen-bond donors (Lipinski definition) is 1. The fourth-order valence-electron chi connectivity index (χ4n) is 1.20. The van der Waals surface area contributed by atoms with Gasteiger partial charge in [0.25, 0.3) is 0 Å². The number of alkyl halides is 1. The average Bonchev–Trinajstić information content (AvgIpc) is 2.28. The molecule has 0 aromatic heterocycles. The van der Waals surface area contributed by atoms with Crippen LogP contribution in [0.5, 0.6) is 0 Å². The van der Waals surface area contributed by atoms with E-state index in [0.717, 1.165) is 5.56 Å². The van der Waals surface area contributed by atoms with Crippen LogP contribution in [0.1, 0.15) is 5.56 Å². The molecule has 5 heteroatoms. The molecule has 1 unspecified atom stereocenters. The molecule has 0 aliphatic heterocycles. The van der Waals surface area contributed by atoms with E-state index in [0.29, 0.717) is 6.54 Å². The Labute approximate surface area is 98.5 Å². The molecule has 3 nitrogen and oxygen atoms in total. The van der Waals surface area contributed by atoms with Gasteiger partial charge in [-0.2, -0.15) is 0 Å². The van der Waals surface area contributed by atoms with Gasteiger partial charge in [0.1, 0.15) is 11.2 Å². The van der Waals surface area contributed by atoms with Crippen molar-refractivity contribution in [2.45, 2.75) is 11.9 Å². The summed E-state index contributed by atoms with van der Waals surface area (Å²) in [6.45, 7) is 0.739. The minimum atomic E-state index is -0.724. The van der Waals surface area contributed by atoms with E-state index in [-0.39, 0.29) is 12.4 Å². The number of methoxy groups -OCH3 is 1. The lowest BCUT2D eigenvalue weighted by atomic mass is 10.2. The second-order valence-electron chi connectivity index (χ2n) is 3.25. The zero-order valence-corrected chi connectivity index (χ0v) is 9.63. The smallest absolute Gasteiger partial charge is 0.325 e. The van der Waals surface area contributed by atoms with E-state index in [2.05, 4.69) is 10.1 Å². The van der Waals surface area contributed by atoms with Gasteiger partial charge >= 0.3 is 5.97 Å². The van der Waals surface area contributed by atoms with Gasteiger partial charge in [-0.25, -0.2) is 4.39 Å². The van der Waals surface area contributed by atoms with E-state index in [1.54, 1.807) is 12.1 Å². The van der Waals surface area contributed by atoms with Crippen LogP contribution in [0.3, 0.4) is 0 Å². The zero-order valence-electron chi connectivity index (χ0n) is 8.87. The molecule has 0 saturated heterocycles. The van der Waals surface area contributed by atoms with Gasteiger partial charge in [0, 0.05) is 13.1 Å². The summed E-state index contributed by atoms with van der Waals surface area (Å²) in [5, 5.41) is 2.22. The van der Waals surface area contributed by atoms with Gasteiger partial charge in [-0.05, 0) is 17.7 Å². The predicted molar refractivity (Wildman–Crippen MR) is 59.8 cm³/mol. The van der Waals surface area contributed by atoms with Crippen molar-refractivity contribution in [1.82, 2.24) is 5.32 Å². The van der Waals surface area contributed by atoms with Crippen LogP contribution in [0.4, 0.5) is 4.39 Å². The van der Waals surface area contributed by atoms with Crippen LogP contribution in [0, 0.1) is 5.82 Å². The monoisotopic (exact) mass is 245 g/mol. The van der Waals surface area contributed by atoms with E-state index in [4.69, 9.17) is 11.6 Å². The molecule has 1 rings (SSSR count). The fourth-order valence-corrected chi connectivity index (χ4v) is 1.40. The average molecular weight is 246 g/mol. The van der Waals surface area contributed by atoms with E-state index in [9.17, 15) is 9.18 Å². The molecule has 0 bridgehead atoms. The Morgan fingerprint density at radius 3 is 3.00 bits per heavy atom. The topological polar surface area (TPSA) is 38.3 Å². The number of halogens is 2. The maximum Gasteiger partial charge on any atom is 0.325 e. The standard InChI is InChI=1S/C11H13ClFNO2/c1-16-11(15)10(12)7-14-6-8-3-2-4-9(13)5-8/h2-5,10,14H,6-7H2,1H3. The van der Waals surface area contributed by atoms with Gasteiger partial charge < -0.3 is 10.1 Å². The van der Waals surface area contributed by atoms with Crippen LogP contribution in [0.2, 0.25) is 0 Å². The lowest BCUT2D eigenvalue weighted by Gasteiger charge is -2.08. The molecule has 0 saturated carbocycles. The number of rotatable bonds is 5. The van der Waals surface area contributed by atoms with Crippen molar-refractivity contribution in [1.29, 1.82) is 0 Å². The van der Waals surface area contributed by atoms with Gasteiger partial charge in [-0.15, -0.1) is 11.6 Å². The van der Waals surface area contributed by atoms with Gasteiger partial charge in [0.15, 0.2) is 0 Å². The van der Waals surface area contributed by atoms with Crippen molar-refractivity contribution in [3.8, 4) is 0 Å². The molecule has 1 aromatic rings. The van der Waals surface area contributed by atoms with Gasteiger partial charge in [-0.1, -0.05) is 12.1 Å². The number of carbonyl (C=O) groups excluding carboxylic acids is 1. The quantitative estimate of drug-likeness (QED) is 0.634. The number of benzene rings is 1. The summed E-state index contributed by atoms with van der Waals surface area (Å²) in [4.78, 5) is 11.0. The SMILES string of the molecule is COC(=O)C(Cl)CNCc1cccc(F)c1. The Balaban J connectivity index is 2.33. The number of esters is 1. The third kappa shape index (κ3) is 4.16. The molecule has 1 aromatic carbocycles. The first-order chi connectivity index (χ1) is 7.63. The molecule has 0 fully saturated rings. The Hall–Kier alpha value is -1.13. The highest BCUT2D eigenvalue weighted by atomic mass is 35.5. The van der Waals surface area contributed by atoms with Gasteiger partial charge in [-0.3, -0.25) is 4.79 Å². The molecule has 0 heterocycles. The van der Waals surface area contributed by atoms with Crippen molar-refractivity contribution in [3.05, 3.63) is 35.6 Å². The van der Waals surface area contributed by atoms with Crippen molar-refractivity contribution < 1.29 is 13.9 Å². The zero-order chi connectivity index (χ0) is 12.0. The van der Waals surface area contributed by atoms with Crippen LogP contribution in [-0.2, 0) is 16.1 Å². The highest BCUT2D eigenvalue weighted by Gasteiger charge is 2.14.